The molecule has 0 radical (unpaired) electrons. The van der Waals surface area contributed by atoms with Crippen LogP contribution in [0.3, 0.4) is 0 Å². The lowest BCUT2D eigenvalue weighted by molar-refractivity contribution is -0.113. The molecule has 0 amide bonds. The molecule has 0 aliphatic heterocycles. The van der Waals surface area contributed by atoms with Gasteiger partial charge in [-0.15, -0.1) is 0 Å². The molecule has 1 aromatic carbocycles. The number of esters is 1. The van der Waals surface area contributed by atoms with Gasteiger partial charge in [0.1, 0.15) is 5.71 Å². The van der Waals surface area contributed by atoms with Crippen LogP contribution in [-0.2, 0) is 9.53 Å². The van der Waals surface area contributed by atoms with E-state index in [0.717, 1.165) is 37.8 Å². The number of anilines is 1. The number of ketones is 1. The lowest BCUT2D eigenvalue weighted by Gasteiger charge is -2.10. The maximum atomic E-state index is 12.0. The first-order valence-electron chi connectivity index (χ1n) is 7.83. The van der Waals surface area contributed by atoms with Gasteiger partial charge >= 0.3 is 5.97 Å². The van der Waals surface area contributed by atoms with Crippen LogP contribution in [-0.4, -0.2) is 24.1 Å². The quantitative estimate of drug-likeness (QED) is 0.682. The van der Waals surface area contributed by atoms with Crippen LogP contribution in [0.5, 0.6) is 0 Å². The molecule has 0 heterocycles. The highest BCUT2D eigenvalue weighted by Gasteiger charge is 2.14. The molecule has 0 unspecified atom stereocenters. The molecule has 118 valence electrons. The molecule has 1 fully saturated rings. The highest BCUT2D eigenvalue weighted by Crippen LogP contribution is 2.14. The lowest BCUT2D eigenvalue weighted by Crippen LogP contribution is -2.17. The molecule has 22 heavy (non-hydrogen) atoms. The fourth-order valence-corrected chi connectivity index (χ4v) is 2.36. The van der Waals surface area contributed by atoms with Crippen LogP contribution in [0, 0.1) is 0 Å². The van der Waals surface area contributed by atoms with Crippen molar-refractivity contribution in [3.8, 4) is 0 Å². The van der Waals surface area contributed by atoms with Crippen molar-refractivity contribution in [2.24, 2.45) is 5.10 Å². The molecule has 1 aliphatic carbocycles. The molecule has 0 aromatic heterocycles. The van der Waals surface area contributed by atoms with Gasteiger partial charge in [0, 0.05) is 6.42 Å². The Morgan fingerprint density at radius 1 is 1.14 bits per heavy atom. The van der Waals surface area contributed by atoms with Gasteiger partial charge < -0.3 is 4.74 Å². The number of hydrogen-bond acceptors (Lipinski definition) is 5. The summed E-state index contributed by atoms with van der Waals surface area (Å²) in [6.45, 7) is 2.13. The first kappa shape index (κ1) is 16.2. The van der Waals surface area contributed by atoms with Crippen LogP contribution < -0.4 is 5.43 Å². The predicted molar refractivity (Wildman–Crippen MR) is 86.2 cm³/mol. The number of ether oxygens (including phenoxy) is 1. The van der Waals surface area contributed by atoms with E-state index in [9.17, 15) is 9.59 Å². The normalized spacial score (nSPS) is 17.7. The molecule has 2 rings (SSSR count). The number of nitrogens with one attached hydrogen (secondary N) is 1. The third-order valence-corrected chi connectivity index (χ3v) is 3.61. The second kappa shape index (κ2) is 8.32. The molecule has 1 aliphatic rings. The van der Waals surface area contributed by atoms with Gasteiger partial charge in [-0.2, -0.15) is 5.10 Å². The summed E-state index contributed by atoms with van der Waals surface area (Å²) < 4.78 is 4.93. The maximum absolute atomic E-state index is 12.0. The van der Waals surface area contributed by atoms with Gasteiger partial charge in [0.15, 0.2) is 5.78 Å². The van der Waals surface area contributed by atoms with Gasteiger partial charge in [0.05, 0.1) is 17.9 Å². The largest absolute Gasteiger partial charge is 0.462 e. The van der Waals surface area contributed by atoms with Crippen LogP contribution in [0.2, 0.25) is 0 Å². The Hall–Kier alpha value is -2.17. The van der Waals surface area contributed by atoms with Crippen molar-refractivity contribution < 1.29 is 14.3 Å². The van der Waals surface area contributed by atoms with Crippen molar-refractivity contribution in [2.75, 3.05) is 12.0 Å². The number of hydrogen-bond donors (Lipinski definition) is 1. The highest BCUT2D eigenvalue weighted by molar-refractivity contribution is 6.39. The van der Waals surface area contributed by atoms with Crippen molar-refractivity contribution in [3.05, 3.63) is 29.8 Å². The van der Waals surface area contributed by atoms with Crippen molar-refractivity contribution >= 4 is 23.2 Å². The molecular formula is C17H22N2O3. The summed E-state index contributed by atoms with van der Waals surface area (Å²) in [5, 5.41) is 4.25. The zero-order valence-corrected chi connectivity index (χ0v) is 12.9. The van der Waals surface area contributed by atoms with Gasteiger partial charge in [-0.25, -0.2) is 4.79 Å². The number of rotatable bonds is 4. The van der Waals surface area contributed by atoms with E-state index in [0.29, 0.717) is 24.3 Å². The molecular weight excluding hydrogens is 280 g/mol. The second-order valence-electron chi connectivity index (χ2n) is 5.31. The third-order valence-electron chi connectivity index (χ3n) is 3.61. The Balaban J connectivity index is 1.99. The number of benzene rings is 1. The highest BCUT2D eigenvalue weighted by atomic mass is 16.5. The number of Topliss-reactive ketones (excluding diaryl/α,β-unsaturated/α-hetero) is 1. The number of nitrogens with zero attached hydrogens (tertiary/aromatic N) is 1. The van der Waals surface area contributed by atoms with E-state index in [-0.39, 0.29) is 11.8 Å². The minimum absolute atomic E-state index is 0.135. The molecule has 5 heteroatoms. The first-order chi connectivity index (χ1) is 10.7. The van der Waals surface area contributed by atoms with E-state index in [2.05, 4.69) is 10.5 Å². The summed E-state index contributed by atoms with van der Waals surface area (Å²) in [5.41, 5.74) is 4.77. The zero-order valence-electron chi connectivity index (χ0n) is 12.9. The van der Waals surface area contributed by atoms with Crippen molar-refractivity contribution in [1.29, 1.82) is 0 Å². The average Bonchev–Trinajstić information content (AvgIpc) is 2.51. The molecule has 1 N–H and O–H groups in total. The molecule has 0 bridgehead atoms. The van der Waals surface area contributed by atoms with E-state index < -0.39 is 0 Å². The minimum Gasteiger partial charge on any atom is -0.462 e. The topological polar surface area (TPSA) is 67.8 Å². The summed E-state index contributed by atoms with van der Waals surface area (Å²) in [5.74, 6) is -0.203. The first-order valence-corrected chi connectivity index (χ1v) is 7.83. The monoisotopic (exact) mass is 302 g/mol. The van der Waals surface area contributed by atoms with Crippen molar-refractivity contribution in [1.82, 2.24) is 0 Å². The number of carbonyl (C=O) groups is 2. The third kappa shape index (κ3) is 4.69. The lowest BCUT2D eigenvalue weighted by atomic mass is 9.98. The molecule has 0 saturated heterocycles. The Morgan fingerprint density at radius 2 is 1.82 bits per heavy atom. The molecule has 0 atom stereocenters. The second-order valence-corrected chi connectivity index (χ2v) is 5.31. The fourth-order valence-electron chi connectivity index (χ4n) is 2.36. The maximum Gasteiger partial charge on any atom is 0.338 e. The van der Waals surface area contributed by atoms with Gasteiger partial charge in [-0.1, -0.05) is 12.8 Å². The van der Waals surface area contributed by atoms with E-state index in [1.165, 1.54) is 0 Å². The standard InChI is InChI=1S/C17H22N2O3/c1-2-22-17(21)13-9-11-14(12-10-13)18-19-15-7-5-3-4-6-8-16(15)20/h9-12,18H,2-8H2,1H3/b19-15+. The smallest absolute Gasteiger partial charge is 0.338 e. The fraction of sp³-hybridized carbons (Fsp3) is 0.471. The van der Waals surface area contributed by atoms with Crippen LogP contribution in [0.25, 0.3) is 0 Å². The van der Waals surface area contributed by atoms with E-state index >= 15 is 0 Å². The zero-order chi connectivity index (χ0) is 15.8. The SMILES string of the molecule is CCOC(=O)c1ccc(N/N=C2\CCCCCCC2=O)cc1. The Bertz CT molecular complexity index is 550. The van der Waals surface area contributed by atoms with Crippen LogP contribution >= 0.6 is 0 Å². The molecule has 1 saturated carbocycles. The minimum atomic E-state index is -0.337. The summed E-state index contributed by atoms with van der Waals surface area (Å²) in [7, 11) is 0. The summed E-state index contributed by atoms with van der Waals surface area (Å²) in [6, 6.07) is 6.87. The molecule has 1 aromatic rings. The van der Waals surface area contributed by atoms with E-state index in [4.69, 9.17) is 4.74 Å². The van der Waals surface area contributed by atoms with Crippen LogP contribution in [0.15, 0.2) is 29.4 Å². The predicted octanol–water partition coefficient (Wildman–Crippen LogP) is 3.55. The average molecular weight is 302 g/mol. The van der Waals surface area contributed by atoms with Gasteiger partial charge in [0.2, 0.25) is 0 Å². The van der Waals surface area contributed by atoms with Gasteiger partial charge in [-0.3, -0.25) is 10.2 Å². The number of hydrazone groups is 1. The Morgan fingerprint density at radius 3 is 2.50 bits per heavy atom. The Kier molecular flexibility index (Phi) is 6.13. The summed E-state index contributed by atoms with van der Waals surface area (Å²) in [4.78, 5) is 23.5. The summed E-state index contributed by atoms with van der Waals surface area (Å²) >= 11 is 0. The van der Waals surface area contributed by atoms with E-state index in [1.807, 2.05) is 0 Å². The van der Waals surface area contributed by atoms with Crippen molar-refractivity contribution in [3.63, 3.8) is 0 Å². The summed E-state index contributed by atoms with van der Waals surface area (Å²) in [6.07, 6.45) is 5.55. The van der Waals surface area contributed by atoms with Crippen LogP contribution in [0.1, 0.15) is 55.8 Å². The Labute approximate surface area is 130 Å². The van der Waals surface area contributed by atoms with E-state index in [1.54, 1.807) is 31.2 Å². The van der Waals surface area contributed by atoms with Crippen molar-refractivity contribution in [2.45, 2.75) is 45.4 Å². The molecule has 5 nitrogen and oxygen atoms in total. The van der Waals surface area contributed by atoms with Crippen LogP contribution in [0.4, 0.5) is 5.69 Å². The van der Waals surface area contributed by atoms with Gasteiger partial charge in [-0.05, 0) is 50.5 Å². The number of carbonyl (C=O) groups excluding carboxylic acids is 2. The van der Waals surface area contributed by atoms with Gasteiger partial charge in [0.25, 0.3) is 0 Å². The molecule has 0 spiro atoms.